The van der Waals surface area contributed by atoms with Crippen molar-refractivity contribution < 1.29 is 8.42 Å². The Bertz CT molecular complexity index is 573. The predicted octanol–water partition coefficient (Wildman–Crippen LogP) is 1.64. The predicted molar refractivity (Wildman–Crippen MR) is 87.2 cm³/mol. The van der Waals surface area contributed by atoms with Crippen LogP contribution in [0, 0.1) is 6.92 Å². The van der Waals surface area contributed by atoms with Crippen LogP contribution < -0.4 is 10.2 Å². The summed E-state index contributed by atoms with van der Waals surface area (Å²) in [6.45, 7) is 3.59. The van der Waals surface area contributed by atoms with E-state index in [1.54, 1.807) is 11.8 Å². The van der Waals surface area contributed by atoms with E-state index in [1.165, 1.54) is 11.8 Å². The van der Waals surface area contributed by atoms with Gasteiger partial charge in [-0.25, -0.2) is 8.42 Å². The van der Waals surface area contributed by atoms with Gasteiger partial charge >= 0.3 is 0 Å². The Balaban J connectivity index is 2.42. The molecule has 1 aromatic carbocycles. The van der Waals surface area contributed by atoms with Gasteiger partial charge < -0.3 is 10.2 Å². The largest absolute Gasteiger partial charge is 0.353 e. The average molecular weight is 314 g/mol. The maximum Gasteiger partial charge on any atom is 0.169 e. The van der Waals surface area contributed by atoms with Crippen molar-refractivity contribution in [2.24, 2.45) is 0 Å². The number of sulfone groups is 1. The second-order valence-corrected chi connectivity index (χ2v) is 8.57. The maximum absolute atomic E-state index is 12.0. The summed E-state index contributed by atoms with van der Waals surface area (Å²) in [6, 6.07) is 6.23. The smallest absolute Gasteiger partial charge is 0.169 e. The van der Waals surface area contributed by atoms with E-state index in [4.69, 9.17) is 0 Å². The molecule has 1 heterocycles. The normalized spacial score (nSPS) is 20.1. The minimum atomic E-state index is -3.08. The summed E-state index contributed by atoms with van der Waals surface area (Å²) in [5, 5.41) is 2.75. The molecule has 0 aliphatic carbocycles. The Labute approximate surface area is 125 Å². The first-order valence-corrected chi connectivity index (χ1v) is 9.82. The lowest BCUT2D eigenvalue weighted by atomic mass is 10.1. The third-order valence-electron chi connectivity index (χ3n) is 3.49. The molecular formula is C14H22N2O2S2. The molecule has 112 valence electrons. The van der Waals surface area contributed by atoms with E-state index in [1.807, 2.05) is 7.05 Å². The van der Waals surface area contributed by atoms with E-state index >= 15 is 0 Å². The molecular weight excluding hydrogens is 292 g/mol. The van der Waals surface area contributed by atoms with Gasteiger partial charge in [-0.2, -0.15) is 11.8 Å². The second-order valence-electron chi connectivity index (χ2n) is 5.21. The third-order valence-corrected chi connectivity index (χ3v) is 6.13. The highest BCUT2D eigenvalue weighted by molar-refractivity contribution is 8.01. The zero-order valence-corrected chi connectivity index (χ0v) is 13.9. The van der Waals surface area contributed by atoms with Gasteiger partial charge in [0.1, 0.15) is 5.37 Å². The number of nitrogens with zero attached hydrogens (tertiary/aromatic N) is 1. The van der Waals surface area contributed by atoms with Gasteiger partial charge in [-0.15, -0.1) is 0 Å². The molecule has 1 unspecified atom stereocenters. The molecule has 1 N–H and O–H groups in total. The summed E-state index contributed by atoms with van der Waals surface area (Å²) in [4.78, 5) is 2.05. The van der Waals surface area contributed by atoms with Gasteiger partial charge in [0, 0.05) is 36.5 Å². The molecule has 4 nitrogen and oxygen atoms in total. The van der Waals surface area contributed by atoms with Crippen LogP contribution in [0.3, 0.4) is 0 Å². The first-order chi connectivity index (χ1) is 9.43. The van der Waals surface area contributed by atoms with Crippen molar-refractivity contribution in [3.8, 4) is 0 Å². The van der Waals surface area contributed by atoms with Crippen LogP contribution in [0.25, 0.3) is 0 Å². The van der Waals surface area contributed by atoms with Crippen LogP contribution in [-0.4, -0.2) is 45.1 Å². The monoisotopic (exact) mass is 314 g/mol. The fourth-order valence-electron chi connectivity index (χ4n) is 2.54. The molecule has 1 aliphatic rings. The van der Waals surface area contributed by atoms with Gasteiger partial charge in [-0.3, -0.25) is 0 Å². The standard InChI is InChI=1S/C14H22N2O2S2/c1-11-4-5-13(12(8-11)9-15-2)16-6-7-19-10-14(16)20(3,17)18/h4-5,8,14-15H,6-7,9-10H2,1-3H3. The molecule has 1 aromatic rings. The summed E-state index contributed by atoms with van der Waals surface area (Å²) in [7, 11) is -1.17. The lowest BCUT2D eigenvalue weighted by Crippen LogP contribution is -2.47. The molecule has 1 saturated heterocycles. The summed E-state index contributed by atoms with van der Waals surface area (Å²) in [5.74, 6) is 1.62. The van der Waals surface area contributed by atoms with E-state index < -0.39 is 15.2 Å². The Hall–Kier alpha value is -0.720. The third kappa shape index (κ3) is 3.48. The molecule has 1 atom stereocenters. The van der Waals surface area contributed by atoms with Crippen molar-refractivity contribution >= 4 is 27.3 Å². The minimum Gasteiger partial charge on any atom is -0.353 e. The van der Waals surface area contributed by atoms with Crippen molar-refractivity contribution in [3.05, 3.63) is 29.3 Å². The Morgan fingerprint density at radius 3 is 2.85 bits per heavy atom. The first kappa shape index (κ1) is 15.7. The number of rotatable bonds is 4. The Morgan fingerprint density at radius 2 is 2.20 bits per heavy atom. The highest BCUT2D eigenvalue weighted by Gasteiger charge is 2.32. The van der Waals surface area contributed by atoms with Gasteiger partial charge in [-0.1, -0.05) is 17.7 Å². The molecule has 6 heteroatoms. The number of nitrogens with one attached hydrogen (secondary N) is 1. The molecule has 0 bridgehead atoms. The Kier molecular flexibility index (Phi) is 4.99. The van der Waals surface area contributed by atoms with Crippen molar-refractivity contribution in [1.82, 2.24) is 5.32 Å². The summed E-state index contributed by atoms with van der Waals surface area (Å²) >= 11 is 1.71. The van der Waals surface area contributed by atoms with Gasteiger partial charge in [0.05, 0.1) is 0 Å². The van der Waals surface area contributed by atoms with Crippen LogP contribution in [0.1, 0.15) is 11.1 Å². The number of thioether (sulfide) groups is 1. The van der Waals surface area contributed by atoms with E-state index in [9.17, 15) is 8.42 Å². The molecule has 0 saturated carbocycles. The van der Waals surface area contributed by atoms with Crippen molar-refractivity contribution in [1.29, 1.82) is 0 Å². The molecule has 20 heavy (non-hydrogen) atoms. The number of hydrogen-bond acceptors (Lipinski definition) is 5. The summed E-state index contributed by atoms with van der Waals surface area (Å²) in [6.07, 6.45) is 1.34. The highest BCUT2D eigenvalue weighted by atomic mass is 32.2. The van der Waals surface area contributed by atoms with Crippen LogP contribution >= 0.6 is 11.8 Å². The van der Waals surface area contributed by atoms with Crippen molar-refractivity contribution in [3.63, 3.8) is 0 Å². The van der Waals surface area contributed by atoms with Gasteiger partial charge in [-0.05, 0) is 25.6 Å². The van der Waals surface area contributed by atoms with Crippen LogP contribution in [0.5, 0.6) is 0 Å². The van der Waals surface area contributed by atoms with Gasteiger partial charge in [0.25, 0.3) is 0 Å². The van der Waals surface area contributed by atoms with E-state index in [0.29, 0.717) is 5.75 Å². The van der Waals surface area contributed by atoms with Crippen LogP contribution in [0.15, 0.2) is 18.2 Å². The fourth-order valence-corrected chi connectivity index (χ4v) is 5.37. The fraction of sp³-hybridized carbons (Fsp3) is 0.571. The molecule has 0 amide bonds. The summed E-state index contributed by atoms with van der Waals surface area (Å²) < 4.78 is 24.1. The molecule has 0 spiro atoms. The minimum absolute atomic E-state index is 0.417. The number of hydrogen-bond donors (Lipinski definition) is 1. The zero-order chi connectivity index (χ0) is 14.8. The Morgan fingerprint density at radius 1 is 1.45 bits per heavy atom. The van der Waals surface area contributed by atoms with Gasteiger partial charge in [0.15, 0.2) is 9.84 Å². The quantitative estimate of drug-likeness (QED) is 0.915. The molecule has 1 aliphatic heterocycles. The number of anilines is 1. The summed E-state index contributed by atoms with van der Waals surface area (Å²) in [5.41, 5.74) is 3.40. The molecule has 2 rings (SSSR count). The maximum atomic E-state index is 12.0. The average Bonchev–Trinajstić information content (AvgIpc) is 2.38. The van der Waals surface area contributed by atoms with Crippen LogP contribution in [0.4, 0.5) is 5.69 Å². The molecule has 0 radical (unpaired) electrons. The molecule has 1 fully saturated rings. The van der Waals surface area contributed by atoms with E-state index in [-0.39, 0.29) is 0 Å². The topological polar surface area (TPSA) is 49.4 Å². The van der Waals surface area contributed by atoms with Crippen molar-refractivity contribution in [2.45, 2.75) is 18.8 Å². The van der Waals surface area contributed by atoms with E-state index in [2.05, 4.69) is 35.3 Å². The zero-order valence-electron chi connectivity index (χ0n) is 12.2. The second kappa shape index (κ2) is 6.37. The van der Waals surface area contributed by atoms with Crippen LogP contribution in [0.2, 0.25) is 0 Å². The lowest BCUT2D eigenvalue weighted by molar-refractivity contribution is 0.584. The van der Waals surface area contributed by atoms with E-state index in [0.717, 1.165) is 30.1 Å². The SMILES string of the molecule is CNCc1cc(C)ccc1N1CCSCC1S(C)(=O)=O. The highest BCUT2D eigenvalue weighted by Crippen LogP contribution is 2.30. The van der Waals surface area contributed by atoms with Gasteiger partial charge in [0.2, 0.25) is 0 Å². The number of benzene rings is 1. The molecule has 0 aromatic heterocycles. The lowest BCUT2D eigenvalue weighted by Gasteiger charge is -2.37. The first-order valence-electron chi connectivity index (χ1n) is 6.71. The van der Waals surface area contributed by atoms with Crippen molar-refractivity contribution in [2.75, 3.05) is 36.3 Å². The van der Waals surface area contributed by atoms with Crippen LogP contribution in [-0.2, 0) is 16.4 Å². The number of aryl methyl sites for hydroxylation is 1.